The second-order valence-electron chi connectivity index (χ2n) is 4.85. The largest absolute Gasteiger partial charge is 0.366 e. The zero-order valence-electron chi connectivity index (χ0n) is 11.9. The maximum atomic E-state index is 12.3. The van der Waals surface area contributed by atoms with E-state index in [9.17, 15) is 23.1 Å². The minimum Gasteiger partial charge on any atom is -0.366 e. The van der Waals surface area contributed by atoms with Gasteiger partial charge in [-0.2, -0.15) is 0 Å². The molecule has 0 saturated carbocycles. The van der Waals surface area contributed by atoms with Crippen molar-refractivity contribution in [3.05, 3.63) is 30.3 Å². The summed E-state index contributed by atoms with van der Waals surface area (Å²) in [6, 6.07) is 5.98. The summed E-state index contributed by atoms with van der Waals surface area (Å²) in [5, 5.41) is 16.2. The number of hydrogen-bond acceptors (Lipinski definition) is 7. The number of likely N-dealkylation sites (tertiary alicyclic amines) is 1. The second kappa shape index (κ2) is 6.84. The van der Waals surface area contributed by atoms with Crippen molar-refractivity contribution < 1.29 is 27.6 Å². The van der Waals surface area contributed by atoms with E-state index in [4.69, 9.17) is 5.41 Å². The lowest BCUT2D eigenvalue weighted by molar-refractivity contribution is -0.146. The molecule has 3 atom stereocenters. The summed E-state index contributed by atoms with van der Waals surface area (Å²) in [7, 11) is -2.54. The third kappa shape index (κ3) is 3.32. The van der Waals surface area contributed by atoms with Crippen LogP contribution in [0.4, 0.5) is 0 Å². The normalized spacial score (nSPS) is 19.7. The van der Waals surface area contributed by atoms with Crippen molar-refractivity contribution in [3.63, 3.8) is 0 Å². The Hall–Kier alpha value is -1.67. The van der Waals surface area contributed by atoms with Crippen LogP contribution in [0.25, 0.3) is 0 Å². The summed E-state index contributed by atoms with van der Waals surface area (Å²) >= 11 is 0. The fourth-order valence-electron chi connectivity index (χ4n) is 2.27. The highest BCUT2D eigenvalue weighted by Gasteiger charge is 2.44. The molecule has 1 aromatic carbocycles. The molecule has 23 heavy (non-hydrogen) atoms. The number of aliphatic hydroxyl groups excluding tert-OH is 1. The molecule has 3 unspecified atom stereocenters. The Morgan fingerprint density at radius 1 is 1.39 bits per heavy atom. The van der Waals surface area contributed by atoms with Gasteiger partial charge in [-0.1, -0.05) is 18.2 Å². The second-order valence-corrected chi connectivity index (χ2v) is 7.01. The molecule has 1 aliphatic rings. The Kier molecular flexibility index (Phi) is 5.26. The topological polar surface area (TPSA) is 125 Å². The van der Waals surface area contributed by atoms with Gasteiger partial charge < -0.3 is 9.63 Å². The van der Waals surface area contributed by atoms with Gasteiger partial charge in [0.25, 0.3) is 5.91 Å². The molecule has 0 spiro atoms. The highest BCUT2D eigenvalue weighted by molar-refractivity contribution is 8.08. The Morgan fingerprint density at radius 2 is 2.00 bits per heavy atom. The first kappa shape index (κ1) is 17.7. The first-order valence-corrected chi connectivity index (χ1v) is 8.55. The average molecular weight is 358 g/mol. The smallest absolute Gasteiger partial charge is 0.291 e. The summed E-state index contributed by atoms with van der Waals surface area (Å²) < 4.78 is 29.2. The molecule has 1 aromatic rings. The van der Waals surface area contributed by atoms with Crippen molar-refractivity contribution in [3.8, 4) is 0 Å². The standard InChI is InChI=1S/C13H15N2O6PS/c14-11(23(19,20)8-4-2-1-3-5-8)12(17)15-9(13(18)21-22)6-7-10(15)16/h1-5,9,13-14,18H,6-7,22H2. The van der Waals surface area contributed by atoms with Gasteiger partial charge >= 0.3 is 0 Å². The third-order valence-electron chi connectivity index (χ3n) is 3.46. The molecule has 8 nitrogen and oxygen atoms in total. The summed E-state index contributed by atoms with van der Waals surface area (Å²) in [5.41, 5.74) is 0. The molecule has 2 rings (SSSR count). The lowest BCUT2D eigenvalue weighted by atomic mass is 10.2. The number of imide groups is 1. The number of carbonyl (C=O) groups is 2. The third-order valence-corrected chi connectivity index (χ3v) is 5.34. The van der Waals surface area contributed by atoms with E-state index in [0.717, 1.165) is 0 Å². The fourth-order valence-corrected chi connectivity index (χ4v) is 3.53. The predicted molar refractivity (Wildman–Crippen MR) is 83.0 cm³/mol. The maximum absolute atomic E-state index is 12.3. The van der Waals surface area contributed by atoms with E-state index in [2.05, 4.69) is 4.52 Å². The van der Waals surface area contributed by atoms with Crippen LogP contribution in [0.3, 0.4) is 0 Å². The molecule has 0 aliphatic carbocycles. The van der Waals surface area contributed by atoms with E-state index in [1.807, 2.05) is 0 Å². The molecule has 124 valence electrons. The number of hydrogen-bond donors (Lipinski definition) is 2. The molecular weight excluding hydrogens is 343 g/mol. The van der Waals surface area contributed by atoms with Crippen LogP contribution in [0.2, 0.25) is 0 Å². The van der Waals surface area contributed by atoms with Crippen LogP contribution in [0.5, 0.6) is 0 Å². The van der Waals surface area contributed by atoms with Crippen molar-refractivity contribution in [2.75, 3.05) is 0 Å². The number of nitrogens with one attached hydrogen (secondary N) is 1. The van der Waals surface area contributed by atoms with Crippen molar-refractivity contribution in [2.45, 2.75) is 30.1 Å². The predicted octanol–water partition coefficient (Wildman–Crippen LogP) is 0.0803. The minimum absolute atomic E-state index is 0.0415. The number of sulfone groups is 1. The molecular formula is C13H15N2O6PS. The highest BCUT2D eigenvalue weighted by Crippen LogP contribution is 2.25. The zero-order chi connectivity index (χ0) is 17.2. The fraction of sp³-hybridized carbons (Fsp3) is 0.308. The van der Waals surface area contributed by atoms with Gasteiger partial charge in [0, 0.05) is 15.9 Å². The summed E-state index contributed by atoms with van der Waals surface area (Å²) in [4.78, 5) is 24.6. The van der Waals surface area contributed by atoms with Gasteiger partial charge in [0.15, 0.2) is 6.29 Å². The monoisotopic (exact) mass is 358 g/mol. The summed E-state index contributed by atoms with van der Waals surface area (Å²) in [6.45, 7) is 0. The van der Waals surface area contributed by atoms with Gasteiger partial charge in [-0.05, 0) is 18.6 Å². The quantitative estimate of drug-likeness (QED) is 0.341. The van der Waals surface area contributed by atoms with Crippen LogP contribution in [0.1, 0.15) is 12.8 Å². The zero-order valence-corrected chi connectivity index (χ0v) is 13.8. The minimum atomic E-state index is -4.34. The first-order valence-electron chi connectivity index (χ1n) is 6.59. The van der Waals surface area contributed by atoms with Crippen molar-refractivity contribution in [1.29, 1.82) is 5.41 Å². The molecule has 1 aliphatic heterocycles. The Labute approximate surface area is 135 Å². The SMILES string of the molecule is N=C(C(=O)N1C(=O)CCC1C(O)OP)S(=O)(=O)c1ccccc1. The molecule has 0 radical (unpaired) electrons. The van der Waals surface area contributed by atoms with E-state index < -0.39 is 39.0 Å². The Balaban J connectivity index is 2.32. The van der Waals surface area contributed by atoms with Gasteiger partial charge in [0.05, 0.1) is 10.9 Å². The Morgan fingerprint density at radius 3 is 2.57 bits per heavy atom. The molecule has 10 heteroatoms. The van der Waals surface area contributed by atoms with Crippen LogP contribution in [-0.2, 0) is 24.0 Å². The van der Waals surface area contributed by atoms with E-state index >= 15 is 0 Å². The van der Waals surface area contributed by atoms with Crippen molar-refractivity contribution >= 4 is 36.2 Å². The van der Waals surface area contributed by atoms with Gasteiger partial charge in [0.2, 0.25) is 20.8 Å². The molecule has 2 amide bonds. The van der Waals surface area contributed by atoms with E-state index in [1.54, 1.807) is 15.5 Å². The number of amides is 2. The van der Waals surface area contributed by atoms with E-state index in [0.29, 0.717) is 4.90 Å². The van der Waals surface area contributed by atoms with Crippen LogP contribution in [-0.4, -0.2) is 47.6 Å². The van der Waals surface area contributed by atoms with Gasteiger partial charge in [-0.15, -0.1) is 0 Å². The van der Waals surface area contributed by atoms with E-state index in [-0.39, 0.29) is 17.7 Å². The number of carbonyl (C=O) groups excluding carboxylic acids is 2. The highest BCUT2D eigenvalue weighted by atomic mass is 32.2. The Bertz CT molecular complexity index is 736. The van der Waals surface area contributed by atoms with E-state index in [1.165, 1.54) is 24.3 Å². The summed E-state index contributed by atoms with van der Waals surface area (Å²) in [5.74, 6) is -1.93. The van der Waals surface area contributed by atoms with Gasteiger partial charge in [0.1, 0.15) is 0 Å². The lowest BCUT2D eigenvalue weighted by Crippen LogP contribution is -2.49. The molecule has 1 saturated heterocycles. The molecule has 0 aromatic heterocycles. The molecule has 1 heterocycles. The molecule has 1 fully saturated rings. The van der Waals surface area contributed by atoms with Crippen molar-refractivity contribution in [2.24, 2.45) is 0 Å². The van der Waals surface area contributed by atoms with Crippen LogP contribution in [0.15, 0.2) is 35.2 Å². The molecule has 0 bridgehead atoms. The van der Waals surface area contributed by atoms with Gasteiger partial charge in [-0.25, -0.2) is 8.42 Å². The lowest BCUT2D eigenvalue weighted by Gasteiger charge is -2.25. The molecule has 2 N–H and O–H groups in total. The van der Waals surface area contributed by atoms with Gasteiger partial charge in [-0.3, -0.25) is 19.9 Å². The average Bonchev–Trinajstić information content (AvgIpc) is 2.95. The number of nitrogens with zero attached hydrogens (tertiary/aromatic N) is 1. The van der Waals surface area contributed by atoms with Crippen LogP contribution < -0.4 is 0 Å². The number of benzene rings is 1. The summed E-state index contributed by atoms with van der Waals surface area (Å²) in [6.07, 6.45) is -1.39. The first-order chi connectivity index (χ1) is 10.8. The number of rotatable bonds is 3. The van der Waals surface area contributed by atoms with Crippen molar-refractivity contribution in [1.82, 2.24) is 4.90 Å². The number of aliphatic hydroxyl groups is 1. The maximum Gasteiger partial charge on any atom is 0.291 e. The van der Waals surface area contributed by atoms with Crippen LogP contribution >= 0.6 is 9.47 Å². The van der Waals surface area contributed by atoms with Crippen LogP contribution in [0, 0.1) is 5.41 Å².